The lowest BCUT2D eigenvalue weighted by Crippen LogP contribution is -2.32. The molecule has 0 aliphatic carbocycles. The van der Waals surface area contributed by atoms with E-state index in [9.17, 15) is 9.59 Å². The summed E-state index contributed by atoms with van der Waals surface area (Å²) in [6, 6.07) is 0. The molecule has 11 nitrogen and oxygen atoms in total. The average molecular weight is 486 g/mol. The van der Waals surface area contributed by atoms with Crippen LogP contribution in [0.2, 0.25) is 0 Å². The number of hydrogen-bond acceptors (Lipinski definition) is 12. The second-order valence-corrected chi connectivity index (χ2v) is 7.98. The molecule has 0 aromatic heterocycles. The van der Waals surface area contributed by atoms with Gasteiger partial charge >= 0.3 is 11.3 Å². The Hall–Kier alpha value is -1.25. The summed E-state index contributed by atoms with van der Waals surface area (Å²) in [5, 5.41) is 51.1. The van der Waals surface area contributed by atoms with Gasteiger partial charge in [-0.2, -0.15) is 0 Å². The second kappa shape index (κ2) is 20.4. The van der Waals surface area contributed by atoms with Crippen molar-refractivity contribution >= 4 is 23.0 Å². The molecule has 0 bridgehead atoms. The lowest BCUT2D eigenvalue weighted by Gasteiger charge is -2.24. The summed E-state index contributed by atoms with van der Waals surface area (Å²) < 4.78 is 9.62. The normalized spacial score (nSPS) is 15.3. The number of esters is 1. The maximum absolute atomic E-state index is 10.9. The lowest BCUT2D eigenvalue weighted by molar-refractivity contribution is -0.141. The number of aliphatic hydroxyl groups is 6. The van der Waals surface area contributed by atoms with Crippen molar-refractivity contribution in [2.45, 2.75) is 26.4 Å². The molecule has 6 N–H and O–H groups in total. The first kappa shape index (κ1) is 32.9. The van der Waals surface area contributed by atoms with E-state index >= 15 is 0 Å². The first-order valence-corrected chi connectivity index (χ1v) is 11.2. The van der Waals surface area contributed by atoms with Gasteiger partial charge in [0.2, 0.25) is 0 Å². The van der Waals surface area contributed by atoms with Gasteiger partial charge in [-0.15, -0.1) is 0 Å². The van der Waals surface area contributed by atoms with Crippen LogP contribution in [0.5, 0.6) is 0 Å². The zero-order valence-electron chi connectivity index (χ0n) is 18.9. The minimum Gasteiger partial charge on any atom is -0.458 e. The number of carbonyl (C=O) groups is 2. The number of hydrogen-bond donors (Lipinski definition) is 6. The summed E-state index contributed by atoms with van der Waals surface area (Å²) in [5.41, 5.74) is -0.322. The number of aliphatic hydroxyl groups excluding tert-OH is 6. The molecule has 0 radical (unpaired) electrons. The largest absolute Gasteiger partial charge is 0.458 e. The van der Waals surface area contributed by atoms with E-state index in [0.717, 1.165) is 11.8 Å². The molecule has 1 heterocycles. The van der Waals surface area contributed by atoms with Gasteiger partial charge in [-0.1, -0.05) is 13.5 Å². The van der Waals surface area contributed by atoms with Crippen LogP contribution in [-0.2, 0) is 14.3 Å². The lowest BCUT2D eigenvalue weighted by atomic mass is 9.88. The standard InChI is InChI=1S/C8H10O4S.C6H15NO3.C6H14O3/c1-5(2)7(9)11-3-6-4-13-8(10)12-6;8-4-1-7(2-5-9)3-6-10;1-2-6(3-7,4-8)5-9/h6H,1,3-4H2,2H3;8-10H,1-6H2;7-9H,2-5H2,1H3. The minimum atomic E-state index is -0.667. The fourth-order valence-electron chi connectivity index (χ4n) is 1.98. The Morgan fingerprint density at radius 2 is 1.56 bits per heavy atom. The van der Waals surface area contributed by atoms with Crippen molar-refractivity contribution in [3.63, 3.8) is 0 Å². The molecule has 1 atom stereocenters. The van der Waals surface area contributed by atoms with Crippen LogP contribution in [-0.4, -0.2) is 125 Å². The van der Waals surface area contributed by atoms with Crippen LogP contribution in [0, 0.1) is 5.41 Å². The predicted molar refractivity (Wildman–Crippen MR) is 120 cm³/mol. The molecule has 1 fully saturated rings. The van der Waals surface area contributed by atoms with E-state index in [4.69, 9.17) is 40.1 Å². The van der Waals surface area contributed by atoms with Crippen molar-refractivity contribution in [1.29, 1.82) is 0 Å². The van der Waals surface area contributed by atoms with E-state index < -0.39 is 11.4 Å². The summed E-state index contributed by atoms with van der Waals surface area (Å²) in [4.78, 5) is 23.3. The molecule has 1 unspecified atom stereocenters. The van der Waals surface area contributed by atoms with Crippen LogP contribution in [0.15, 0.2) is 12.2 Å². The van der Waals surface area contributed by atoms with Crippen LogP contribution in [0.25, 0.3) is 0 Å². The van der Waals surface area contributed by atoms with Gasteiger partial charge in [-0.25, -0.2) is 9.59 Å². The minimum absolute atomic E-state index is 0.0694. The molecule has 12 heteroatoms. The van der Waals surface area contributed by atoms with Crippen LogP contribution >= 0.6 is 11.8 Å². The number of thioether (sulfide) groups is 1. The molecule has 190 valence electrons. The molecular weight excluding hydrogens is 446 g/mol. The number of nitrogens with zero attached hydrogens (tertiary/aromatic N) is 1. The summed E-state index contributed by atoms with van der Waals surface area (Å²) in [7, 11) is 0. The van der Waals surface area contributed by atoms with E-state index in [0.29, 0.717) is 37.4 Å². The zero-order valence-corrected chi connectivity index (χ0v) is 19.8. The van der Waals surface area contributed by atoms with Crippen LogP contribution in [0.4, 0.5) is 4.79 Å². The van der Waals surface area contributed by atoms with Crippen LogP contribution in [0.1, 0.15) is 20.3 Å². The monoisotopic (exact) mass is 485 g/mol. The van der Waals surface area contributed by atoms with Crippen molar-refractivity contribution in [1.82, 2.24) is 4.90 Å². The third-order valence-corrected chi connectivity index (χ3v) is 5.27. The third-order valence-electron chi connectivity index (χ3n) is 4.40. The Morgan fingerprint density at radius 3 is 1.81 bits per heavy atom. The van der Waals surface area contributed by atoms with E-state index in [1.807, 2.05) is 6.92 Å². The van der Waals surface area contributed by atoms with Gasteiger partial charge in [-0.3, -0.25) is 4.90 Å². The second-order valence-electron chi connectivity index (χ2n) is 7.02. The Balaban J connectivity index is 0. The molecule has 32 heavy (non-hydrogen) atoms. The molecular formula is C20H39NO10S. The van der Waals surface area contributed by atoms with Gasteiger partial charge in [0, 0.05) is 36.4 Å². The Morgan fingerprint density at radius 1 is 1.09 bits per heavy atom. The van der Waals surface area contributed by atoms with Crippen molar-refractivity contribution in [2.24, 2.45) is 5.41 Å². The smallest absolute Gasteiger partial charge is 0.367 e. The molecule has 0 spiro atoms. The average Bonchev–Trinajstić information content (AvgIpc) is 3.20. The fourth-order valence-corrected chi connectivity index (χ4v) is 2.67. The Labute approximate surface area is 193 Å². The van der Waals surface area contributed by atoms with Gasteiger partial charge in [0.25, 0.3) is 0 Å². The summed E-state index contributed by atoms with van der Waals surface area (Å²) in [6.07, 6.45) is 0.289. The SMILES string of the molecule is C=C(C)C(=O)OCC1CSC(=O)O1.CCC(CO)(CO)CO.OCCN(CCO)CCO. The maximum atomic E-state index is 10.9. The van der Waals surface area contributed by atoms with Gasteiger partial charge in [0.1, 0.15) is 12.7 Å². The summed E-state index contributed by atoms with van der Waals surface area (Å²) in [5.74, 6) is 0.0930. The highest BCUT2D eigenvalue weighted by atomic mass is 32.2. The van der Waals surface area contributed by atoms with Crippen molar-refractivity contribution in [2.75, 3.05) is 71.6 Å². The number of cyclic esters (lactones) is 1. The molecule has 1 aliphatic rings. The number of rotatable bonds is 13. The van der Waals surface area contributed by atoms with Gasteiger partial charge in [0.15, 0.2) is 0 Å². The summed E-state index contributed by atoms with van der Waals surface area (Å²) in [6.45, 7) is 8.22. The topological polar surface area (TPSA) is 177 Å². The highest BCUT2D eigenvalue weighted by molar-refractivity contribution is 8.13. The third kappa shape index (κ3) is 15.5. The predicted octanol–water partition coefficient (Wildman–Crippen LogP) is -1.02. The molecule has 0 amide bonds. The van der Waals surface area contributed by atoms with E-state index in [2.05, 4.69) is 6.58 Å². The molecule has 0 aromatic carbocycles. The Bertz CT molecular complexity index is 485. The Kier molecular flexibility index (Phi) is 21.0. The van der Waals surface area contributed by atoms with E-state index in [-0.39, 0.29) is 57.7 Å². The highest BCUT2D eigenvalue weighted by Crippen LogP contribution is 2.19. The van der Waals surface area contributed by atoms with Crippen molar-refractivity contribution in [3.05, 3.63) is 12.2 Å². The fraction of sp³-hybridized carbons (Fsp3) is 0.800. The maximum Gasteiger partial charge on any atom is 0.367 e. The van der Waals surface area contributed by atoms with E-state index in [1.54, 1.807) is 11.8 Å². The summed E-state index contributed by atoms with van der Waals surface area (Å²) >= 11 is 1.09. The highest BCUT2D eigenvalue weighted by Gasteiger charge is 2.25. The van der Waals surface area contributed by atoms with Crippen LogP contribution in [0.3, 0.4) is 0 Å². The zero-order chi connectivity index (χ0) is 25.0. The van der Waals surface area contributed by atoms with Gasteiger partial charge in [-0.05, 0) is 25.1 Å². The quantitative estimate of drug-likeness (QED) is 0.138. The molecule has 1 saturated heterocycles. The first-order chi connectivity index (χ1) is 15.2. The molecule has 0 aromatic rings. The number of ether oxygens (including phenoxy) is 2. The molecule has 0 saturated carbocycles. The number of carbonyl (C=O) groups excluding carboxylic acids is 2. The van der Waals surface area contributed by atoms with Gasteiger partial charge < -0.3 is 40.1 Å². The molecule has 1 rings (SSSR count). The first-order valence-electron chi connectivity index (χ1n) is 10.2. The van der Waals surface area contributed by atoms with Crippen molar-refractivity contribution < 1.29 is 49.7 Å². The van der Waals surface area contributed by atoms with Crippen molar-refractivity contribution in [3.8, 4) is 0 Å². The van der Waals surface area contributed by atoms with Crippen LogP contribution < -0.4 is 0 Å². The molecule has 1 aliphatic heterocycles. The van der Waals surface area contributed by atoms with Gasteiger partial charge in [0.05, 0.1) is 39.6 Å². The van der Waals surface area contributed by atoms with E-state index in [1.165, 1.54) is 0 Å².